The van der Waals surface area contributed by atoms with Crippen LogP contribution >= 0.6 is 11.6 Å². The fourth-order valence-corrected chi connectivity index (χ4v) is 1.75. The summed E-state index contributed by atoms with van der Waals surface area (Å²) in [5.41, 5.74) is 6.39. The minimum Gasteiger partial charge on any atom is -0.465 e. The predicted octanol–water partition coefficient (Wildman–Crippen LogP) is 2.99. The Morgan fingerprint density at radius 3 is 2.90 bits per heavy atom. The average molecular weight is 296 g/mol. The molecule has 0 saturated carbocycles. The smallest absolute Gasteiger partial charge is 0.340 e. The number of rotatable bonds is 3. The minimum atomic E-state index is -0.585. The molecule has 0 aliphatic heterocycles. The van der Waals surface area contributed by atoms with Crippen molar-refractivity contribution in [1.29, 1.82) is 0 Å². The minimum absolute atomic E-state index is 0.0969. The van der Waals surface area contributed by atoms with Gasteiger partial charge >= 0.3 is 5.97 Å². The van der Waals surface area contributed by atoms with Crippen molar-refractivity contribution in [3.8, 4) is 0 Å². The molecule has 1 heterocycles. The fourth-order valence-electron chi connectivity index (χ4n) is 1.58. The number of pyridine rings is 1. The number of hydrogen-bond donors (Lipinski definition) is 2. The first-order valence-electron chi connectivity index (χ1n) is 5.57. The number of nitrogens with two attached hydrogens (primary N) is 1. The molecule has 0 unspecified atom stereocenters. The molecule has 2 aromatic rings. The van der Waals surface area contributed by atoms with E-state index >= 15 is 0 Å². The van der Waals surface area contributed by atoms with Gasteiger partial charge in [0.25, 0.3) is 0 Å². The molecule has 2 rings (SSSR count). The molecule has 5 nitrogen and oxygen atoms in total. The Labute approximate surface area is 119 Å². The fraction of sp³-hybridized carbons (Fsp3) is 0.0769. The van der Waals surface area contributed by atoms with Crippen LogP contribution in [0.25, 0.3) is 0 Å². The van der Waals surface area contributed by atoms with Gasteiger partial charge in [-0.3, -0.25) is 0 Å². The van der Waals surface area contributed by atoms with Crippen LogP contribution in [0.15, 0.2) is 30.5 Å². The summed E-state index contributed by atoms with van der Waals surface area (Å²) in [7, 11) is 1.25. The van der Waals surface area contributed by atoms with E-state index in [1.165, 1.54) is 37.6 Å². The number of benzene rings is 1. The Kier molecular flexibility index (Phi) is 4.05. The van der Waals surface area contributed by atoms with Crippen molar-refractivity contribution in [1.82, 2.24) is 4.98 Å². The van der Waals surface area contributed by atoms with E-state index in [-0.39, 0.29) is 17.1 Å². The molecule has 104 valence electrons. The van der Waals surface area contributed by atoms with Crippen molar-refractivity contribution in [2.75, 3.05) is 18.2 Å². The van der Waals surface area contributed by atoms with Crippen LogP contribution in [0.4, 0.5) is 21.6 Å². The highest BCUT2D eigenvalue weighted by molar-refractivity contribution is 6.33. The molecule has 0 spiro atoms. The monoisotopic (exact) mass is 295 g/mol. The van der Waals surface area contributed by atoms with Gasteiger partial charge < -0.3 is 15.8 Å². The van der Waals surface area contributed by atoms with Crippen LogP contribution in [0.3, 0.4) is 0 Å². The molecule has 0 aliphatic carbocycles. The molecule has 0 aliphatic rings. The zero-order valence-corrected chi connectivity index (χ0v) is 11.2. The molecule has 0 saturated heterocycles. The number of nitrogens with one attached hydrogen (secondary N) is 1. The Bertz CT molecular complexity index is 664. The number of ether oxygens (including phenoxy) is 1. The van der Waals surface area contributed by atoms with E-state index in [2.05, 4.69) is 15.0 Å². The first-order valence-corrected chi connectivity index (χ1v) is 5.95. The van der Waals surface area contributed by atoms with Crippen LogP contribution in [0, 0.1) is 5.82 Å². The van der Waals surface area contributed by atoms with Gasteiger partial charge in [0.2, 0.25) is 0 Å². The number of methoxy groups -OCH3 is 1. The third-order valence-electron chi connectivity index (χ3n) is 2.58. The molecule has 0 bridgehead atoms. The summed E-state index contributed by atoms with van der Waals surface area (Å²) in [6.07, 6.45) is 1.39. The lowest BCUT2D eigenvalue weighted by Gasteiger charge is -2.12. The first kappa shape index (κ1) is 14.1. The maximum Gasteiger partial charge on any atom is 0.340 e. The van der Waals surface area contributed by atoms with Gasteiger partial charge in [0, 0.05) is 6.20 Å². The maximum atomic E-state index is 13.2. The molecule has 7 heteroatoms. The van der Waals surface area contributed by atoms with E-state index in [0.717, 1.165) is 0 Å². The van der Waals surface area contributed by atoms with Crippen LogP contribution in [0.2, 0.25) is 5.02 Å². The number of halogens is 2. The van der Waals surface area contributed by atoms with Crippen molar-refractivity contribution in [2.45, 2.75) is 0 Å². The zero-order valence-electron chi connectivity index (χ0n) is 10.5. The second-order valence-electron chi connectivity index (χ2n) is 3.86. The number of anilines is 3. The summed E-state index contributed by atoms with van der Waals surface area (Å²) in [4.78, 5) is 15.5. The quantitative estimate of drug-likeness (QED) is 0.851. The van der Waals surface area contributed by atoms with Gasteiger partial charge in [0.05, 0.1) is 29.1 Å². The van der Waals surface area contributed by atoms with Crippen molar-refractivity contribution >= 4 is 34.8 Å². The van der Waals surface area contributed by atoms with E-state index in [1.807, 2.05) is 0 Å². The zero-order chi connectivity index (χ0) is 14.7. The predicted molar refractivity (Wildman–Crippen MR) is 74.7 cm³/mol. The molecule has 0 amide bonds. The van der Waals surface area contributed by atoms with E-state index in [9.17, 15) is 9.18 Å². The number of carbonyl (C=O) groups is 1. The van der Waals surface area contributed by atoms with E-state index in [1.54, 1.807) is 0 Å². The average Bonchev–Trinajstić information content (AvgIpc) is 2.44. The molecule has 0 radical (unpaired) electrons. The Hall–Kier alpha value is -2.34. The number of aromatic nitrogens is 1. The first-order chi connectivity index (χ1) is 9.52. The molecule has 0 atom stereocenters. The van der Waals surface area contributed by atoms with Crippen molar-refractivity contribution in [3.05, 3.63) is 46.9 Å². The molecule has 3 N–H and O–H groups in total. The number of nitrogens with zero attached hydrogens (tertiary/aromatic N) is 1. The number of nitrogen functional groups attached to an aromatic ring is 1. The number of hydrogen-bond acceptors (Lipinski definition) is 5. The standard InChI is InChI=1S/C13H11ClFN3O2/c1-20-13(19)8-4-5-17-12(11(8)16)18-10-6-7(15)2-3-9(10)14/h2-6H,16H2,1H3,(H,17,18). The summed E-state index contributed by atoms with van der Waals surface area (Å²) >= 11 is 5.94. The normalized spacial score (nSPS) is 10.2. The molecule has 1 aromatic heterocycles. The highest BCUT2D eigenvalue weighted by atomic mass is 35.5. The summed E-state index contributed by atoms with van der Waals surface area (Å²) in [5, 5.41) is 3.09. The molecular formula is C13H11ClFN3O2. The van der Waals surface area contributed by atoms with Crippen LogP contribution in [0.5, 0.6) is 0 Å². The highest BCUT2D eigenvalue weighted by Crippen LogP contribution is 2.29. The third kappa shape index (κ3) is 2.80. The maximum absolute atomic E-state index is 13.2. The SMILES string of the molecule is COC(=O)c1ccnc(Nc2cc(F)ccc2Cl)c1N. The Morgan fingerprint density at radius 2 is 2.20 bits per heavy atom. The second kappa shape index (κ2) is 5.75. The summed E-state index contributed by atoms with van der Waals surface area (Å²) in [6, 6.07) is 5.27. The van der Waals surface area contributed by atoms with Crippen LogP contribution in [0.1, 0.15) is 10.4 Å². The second-order valence-corrected chi connectivity index (χ2v) is 4.27. The third-order valence-corrected chi connectivity index (χ3v) is 2.91. The summed E-state index contributed by atoms with van der Waals surface area (Å²) in [5.74, 6) is -0.849. The number of esters is 1. The van der Waals surface area contributed by atoms with Crippen molar-refractivity contribution in [2.24, 2.45) is 0 Å². The lowest BCUT2D eigenvalue weighted by molar-refractivity contribution is 0.0602. The largest absolute Gasteiger partial charge is 0.465 e. The van der Waals surface area contributed by atoms with Gasteiger partial charge in [-0.1, -0.05) is 11.6 Å². The van der Waals surface area contributed by atoms with E-state index < -0.39 is 11.8 Å². The van der Waals surface area contributed by atoms with Crippen molar-refractivity contribution < 1.29 is 13.9 Å². The lowest BCUT2D eigenvalue weighted by atomic mass is 10.2. The lowest BCUT2D eigenvalue weighted by Crippen LogP contribution is -2.09. The van der Waals surface area contributed by atoms with Gasteiger partial charge in [-0.25, -0.2) is 14.2 Å². The Balaban J connectivity index is 2.39. The van der Waals surface area contributed by atoms with Crippen LogP contribution in [-0.4, -0.2) is 18.1 Å². The topological polar surface area (TPSA) is 77.2 Å². The molecule has 0 fully saturated rings. The van der Waals surface area contributed by atoms with Gasteiger partial charge in [-0.15, -0.1) is 0 Å². The van der Waals surface area contributed by atoms with E-state index in [0.29, 0.717) is 10.7 Å². The van der Waals surface area contributed by atoms with Gasteiger partial charge in [0.15, 0.2) is 5.82 Å². The molecule has 1 aromatic carbocycles. The van der Waals surface area contributed by atoms with E-state index in [4.69, 9.17) is 17.3 Å². The summed E-state index contributed by atoms with van der Waals surface area (Å²) in [6.45, 7) is 0. The van der Waals surface area contributed by atoms with Gasteiger partial charge in [-0.2, -0.15) is 0 Å². The Morgan fingerprint density at radius 1 is 1.45 bits per heavy atom. The van der Waals surface area contributed by atoms with Crippen LogP contribution < -0.4 is 11.1 Å². The van der Waals surface area contributed by atoms with Crippen molar-refractivity contribution in [3.63, 3.8) is 0 Å². The number of carbonyl (C=O) groups excluding carboxylic acids is 1. The summed E-state index contributed by atoms with van der Waals surface area (Å²) < 4.78 is 17.8. The highest BCUT2D eigenvalue weighted by Gasteiger charge is 2.14. The molecular weight excluding hydrogens is 285 g/mol. The van der Waals surface area contributed by atoms with Gasteiger partial charge in [0.1, 0.15) is 5.82 Å². The van der Waals surface area contributed by atoms with Crippen LogP contribution in [-0.2, 0) is 4.74 Å². The molecule has 20 heavy (non-hydrogen) atoms. The van der Waals surface area contributed by atoms with Gasteiger partial charge in [-0.05, 0) is 24.3 Å².